The van der Waals surface area contributed by atoms with Crippen LogP contribution in [0, 0.1) is 11.6 Å². The van der Waals surface area contributed by atoms with Gasteiger partial charge in [0.05, 0.1) is 12.4 Å². The molecule has 0 atom stereocenters. The van der Waals surface area contributed by atoms with Crippen LogP contribution in [0.15, 0.2) is 79.6 Å². The molecule has 0 radical (unpaired) electrons. The Kier molecular flexibility index (Phi) is 6.85. The Morgan fingerprint density at radius 3 is 2.28 bits per heavy atom. The molecule has 4 aromatic rings. The highest BCUT2D eigenvalue weighted by Gasteiger charge is 2.09. The lowest BCUT2D eigenvalue weighted by Gasteiger charge is -2.09. The number of nitrogens with zero attached hydrogens (tertiary/aromatic N) is 2. The molecule has 0 aliphatic rings. The van der Waals surface area contributed by atoms with Crippen LogP contribution >= 0.6 is 0 Å². The average Bonchev–Trinajstić information content (AvgIpc) is 2.82. The van der Waals surface area contributed by atoms with E-state index in [-0.39, 0.29) is 11.6 Å². The second-order valence-corrected chi connectivity index (χ2v) is 7.66. The first kappa shape index (κ1) is 21.6. The minimum absolute atomic E-state index is 0.186. The number of aryl methyl sites for hydroxylation is 4. The SMILES string of the molecule is C=CCOc1cnc(CCc2ccc3c(F)c(CCc4ccc(F)cc4)ccc3c2)nc1. The van der Waals surface area contributed by atoms with Crippen molar-refractivity contribution < 1.29 is 13.5 Å². The van der Waals surface area contributed by atoms with E-state index in [0.29, 0.717) is 42.6 Å². The Morgan fingerprint density at radius 1 is 0.812 bits per heavy atom. The van der Waals surface area contributed by atoms with E-state index in [1.54, 1.807) is 30.6 Å². The quantitative estimate of drug-likeness (QED) is 0.304. The highest BCUT2D eigenvalue weighted by atomic mass is 19.1. The van der Waals surface area contributed by atoms with Crippen LogP contribution in [0.2, 0.25) is 0 Å². The maximum absolute atomic E-state index is 15.0. The second kappa shape index (κ2) is 10.1. The van der Waals surface area contributed by atoms with Gasteiger partial charge >= 0.3 is 0 Å². The fourth-order valence-electron chi connectivity index (χ4n) is 3.62. The minimum atomic E-state index is -0.262. The van der Waals surface area contributed by atoms with Crippen molar-refractivity contribution in [3.8, 4) is 5.75 Å². The van der Waals surface area contributed by atoms with E-state index in [1.165, 1.54) is 12.1 Å². The van der Waals surface area contributed by atoms with Gasteiger partial charge in [0.2, 0.25) is 0 Å². The summed E-state index contributed by atoms with van der Waals surface area (Å²) in [5.41, 5.74) is 2.76. The fraction of sp³-hybridized carbons (Fsp3) is 0.185. The summed E-state index contributed by atoms with van der Waals surface area (Å²) < 4.78 is 33.5. The van der Waals surface area contributed by atoms with Gasteiger partial charge in [-0.05, 0) is 53.5 Å². The minimum Gasteiger partial charge on any atom is -0.486 e. The van der Waals surface area contributed by atoms with Gasteiger partial charge in [0.15, 0.2) is 5.75 Å². The molecule has 0 amide bonds. The van der Waals surface area contributed by atoms with Crippen LogP contribution in [0.5, 0.6) is 5.75 Å². The summed E-state index contributed by atoms with van der Waals surface area (Å²) >= 11 is 0. The largest absolute Gasteiger partial charge is 0.486 e. The van der Waals surface area contributed by atoms with Gasteiger partial charge in [-0.3, -0.25) is 0 Å². The number of aromatic nitrogens is 2. The first-order chi connectivity index (χ1) is 15.6. The van der Waals surface area contributed by atoms with Crippen LogP contribution in [-0.2, 0) is 25.7 Å². The Labute approximate surface area is 186 Å². The van der Waals surface area contributed by atoms with E-state index in [9.17, 15) is 4.39 Å². The predicted molar refractivity (Wildman–Crippen MR) is 123 cm³/mol. The Morgan fingerprint density at radius 2 is 1.53 bits per heavy atom. The van der Waals surface area contributed by atoms with Gasteiger partial charge in [-0.2, -0.15) is 0 Å². The molecule has 0 saturated heterocycles. The summed E-state index contributed by atoms with van der Waals surface area (Å²) in [6.45, 7) is 4.03. The van der Waals surface area contributed by atoms with E-state index in [4.69, 9.17) is 4.74 Å². The maximum Gasteiger partial charge on any atom is 0.156 e. The molecular weight excluding hydrogens is 406 g/mol. The van der Waals surface area contributed by atoms with Crippen molar-refractivity contribution in [1.82, 2.24) is 9.97 Å². The fourth-order valence-corrected chi connectivity index (χ4v) is 3.62. The van der Waals surface area contributed by atoms with E-state index in [1.807, 2.05) is 30.3 Å². The smallest absolute Gasteiger partial charge is 0.156 e. The van der Waals surface area contributed by atoms with E-state index < -0.39 is 0 Å². The lowest BCUT2D eigenvalue weighted by atomic mass is 9.98. The number of hydrogen-bond acceptors (Lipinski definition) is 3. The highest BCUT2D eigenvalue weighted by Crippen LogP contribution is 2.24. The molecule has 0 unspecified atom stereocenters. The molecular formula is C27H24F2N2O. The molecule has 0 aliphatic carbocycles. The second-order valence-electron chi connectivity index (χ2n) is 7.66. The zero-order valence-electron chi connectivity index (χ0n) is 17.7. The third kappa shape index (κ3) is 5.35. The van der Waals surface area contributed by atoms with Crippen molar-refractivity contribution in [3.05, 3.63) is 114 Å². The van der Waals surface area contributed by atoms with Gasteiger partial charge in [-0.25, -0.2) is 18.7 Å². The zero-order chi connectivity index (χ0) is 22.3. The third-order valence-corrected chi connectivity index (χ3v) is 5.38. The third-order valence-electron chi connectivity index (χ3n) is 5.38. The summed E-state index contributed by atoms with van der Waals surface area (Å²) in [6.07, 6.45) is 7.68. The predicted octanol–water partition coefficient (Wildman–Crippen LogP) is 6.04. The van der Waals surface area contributed by atoms with Crippen LogP contribution in [0.4, 0.5) is 8.78 Å². The van der Waals surface area contributed by atoms with Crippen LogP contribution < -0.4 is 4.74 Å². The molecule has 0 fully saturated rings. The van der Waals surface area contributed by atoms with Crippen molar-refractivity contribution in [3.63, 3.8) is 0 Å². The highest BCUT2D eigenvalue weighted by molar-refractivity contribution is 5.84. The van der Waals surface area contributed by atoms with Crippen molar-refractivity contribution in [2.75, 3.05) is 6.61 Å². The Hall–Kier alpha value is -3.60. The molecule has 1 heterocycles. The molecule has 0 aliphatic heterocycles. The molecule has 5 heteroatoms. The summed E-state index contributed by atoms with van der Waals surface area (Å²) in [5.74, 6) is 0.903. The van der Waals surface area contributed by atoms with Gasteiger partial charge < -0.3 is 4.74 Å². The topological polar surface area (TPSA) is 35.0 Å². The number of ether oxygens (including phenoxy) is 1. The molecule has 0 bridgehead atoms. The van der Waals surface area contributed by atoms with Crippen LogP contribution in [-0.4, -0.2) is 16.6 Å². The molecule has 162 valence electrons. The van der Waals surface area contributed by atoms with Gasteiger partial charge in [-0.1, -0.05) is 55.1 Å². The van der Waals surface area contributed by atoms with Crippen molar-refractivity contribution >= 4 is 10.8 Å². The van der Waals surface area contributed by atoms with E-state index in [2.05, 4.69) is 16.5 Å². The summed E-state index contributed by atoms with van der Waals surface area (Å²) in [7, 11) is 0. The number of halogens is 2. The molecule has 0 spiro atoms. The van der Waals surface area contributed by atoms with Crippen molar-refractivity contribution in [2.24, 2.45) is 0 Å². The number of hydrogen-bond donors (Lipinski definition) is 0. The van der Waals surface area contributed by atoms with Gasteiger partial charge in [0.25, 0.3) is 0 Å². The van der Waals surface area contributed by atoms with Gasteiger partial charge in [0, 0.05) is 11.8 Å². The lowest BCUT2D eigenvalue weighted by molar-refractivity contribution is 0.359. The molecule has 3 nitrogen and oxygen atoms in total. The monoisotopic (exact) mass is 430 g/mol. The number of rotatable bonds is 9. The summed E-state index contributed by atoms with van der Waals surface area (Å²) in [6, 6.07) is 16.0. The van der Waals surface area contributed by atoms with Crippen LogP contribution in [0.25, 0.3) is 10.8 Å². The lowest BCUT2D eigenvalue weighted by Crippen LogP contribution is -2.00. The Balaban J connectivity index is 1.41. The molecule has 0 N–H and O–H groups in total. The van der Waals surface area contributed by atoms with Gasteiger partial charge in [0.1, 0.15) is 24.1 Å². The summed E-state index contributed by atoms with van der Waals surface area (Å²) in [4.78, 5) is 8.67. The standard InChI is InChI=1S/C27H24F2N2O/c1-2-15-32-24-17-30-26(31-18-24)14-7-20-6-13-25-22(16-20)10-9-21(27(25)29)8-3-19-4-11-23(28)12-5-19/h2,4-6,9-13,16-18H,1,3,7-8,14-15H2. The van der Waals surface area contributed by atoms with E-state index >= 15 is 4.39 Å². The molecule has 1 aromatic heterocycles. The molecule has 3 aromatic carbocycles. The maximum atomic E-state index is 15.0. The van der Waals surface area contributed by atoms with Crippen LogP contribution in [0.3, 0.4) is 0 Å². The van der Waals surface area contributed by atoms with Crippen molar-refractivity contribution in [1.29, 1.82) is 0 Å². The first-order valence-corrected chi connectivity index (χ1v) is 10.6. The summed E-state index contributed by atoms with van der Waals surface area (Å²) in [5, 5.41) is 1.49. The van der Waals surface area contributed by atoms with Crippen molar-refractivity contribution in [2.45, 2.75) is 25.7 Å². The number of benzene rings is 3. The van der Waals surface area contributed by atoms with Gasteiger partial charge in [-0.15, -0.1) is 0 Å². The Bertz CT molecular complexity index is 1200. The normalized spacial score (nSPS) is 10.9. The first-order valence-electron chi connectivity index (χ1n) is 10.6. The van der Waals surface area contributed by atoms with E-state index in [0.717, 1.165) is 28.8 Å². The van der Waals surface area contributed by atoms with Crippen LogP contribution in [0.1, 0.15) is 22.5 Å². The number of fused-ring (bicyclic) bond motifs is 1. The zero-order valence-corrected chi connectivity index (χ0v) is 17.7. The molecule has 4 rings (SSSR count). The molecule has 32 heavy (non-hydrogen) atoms. The average molecular weight is 430 g/mol. The molecule has 0 saturated carbocycles.